The molecular weight excluding hydrogens is 238 g/mol. The third kappa shape index (κ3) is 2.35. The molecule has 0 saturated heterocycles. The zero-order valence-corrected chi connectivity index (χ0v) is 10.7. The Morgan fingerprint density at radius 1 is 1.26 bits per heavy atom. The number of aryl methyl sites for hydroxylation is 1. The molecule has 2 aromatic heterocycles. The Bertz CT molecular complexity index is 700. The SMILES string of the molecule is Cn1cc(CC(O)c2ccnc3ccccc23)cn1. The van der Waals surface area contributed by atoms with Crippen molar-refractivity contribution >= 4 is 10.9 Å². The fourth-order valence-electron chi connectivity index (χ4n) is 2.32. The zero-order valence-electron chi connectivity index (χ0n) is 10.7. The minimum Gasteiger partial charge on any atom is -0.388 e. The Labute approximate surface area is 111 Å². The van der Waals surface area contributed by atoms with E-state index in [9.17, 15) is 5.11 Å². The minimum atomic E-state index is -0.544. The van der Waals surface area contributed by atoms with Gasteiger partial charge in [0, 0.05) is 31.2 Å². The summed E-state index contributed by atoms with van der Waals surface area (Å²) in [5, 5.41) is 15.5. The lowest BCUT2D eigenvalue weighted by Crippen LogP contribution is -2.02. The van der Waals surface area contributed by atoms with Crippen LogP contribution in [-0.4, -0.2) is 19.9 Å². The maximum atomic E-state index is 10.4. The molecule has 0 fully saturated rings. The molecule has 96 valence electrons. The fraction of sp³-hybridized carbons (Fsp3) is 0.200. The molecule has 2 heterocycles. The molecule has 4 heteroatoms. The van der Waals surface area contributed by atoms with E-state index in [1.54, 1.807) is 17.1 Å². The molecule has 0 aliphatic carbocycles. The first-order chi connectivity index (χ1) is 9.24. The summed E-state index contributed by atoms with van der Waals surface area (Å²) in [5.74, 6) is 0. The number of nitrogens with zero attached hydrogens (tertiary/aromatic N) is 3. The maximum Gasteiger partial charge on any atom is 0.0838 e. The van der Waals surface area contributed by atoms with Gasteiger partial charge in [-0.05, 0) is 23.3 Å². The van der Waals surface area contributed by atoms with E-state index in [4.69, 9.17) is 0 Å². The van der Waals surface area contributed by atoms with Crippen molar-refractivity contribution in [1.29, 1.82) is 0 Å². The number of hydrogen-bond donors (Lipinski definition) is 1. The second-order valence-electron chi connectivity index (χ2n) is 4.66. The summed E-state index contributed by atoms with van der Waals surface area (Å²) in [6, 6.07) is 9.74. The van der Waals surface area contributed by atoms with Crippen LogP contribution < -0.4 is 0 Å². The molecular formula is C15H15N3O. The van der Waals surface area contributed by atoms with Crippen LogP contribution in [0.4, 0.5) is 0 Å². The lowest BCUT2D eigenvalue weighted by Gasteiger charge is -2.12. The van der Waals surface area contributed by atoms with Gasteiger partial charge in [0.2, 0.25) is 0 Å². The predicted octanol–water partition coefficient (Wildman–Crippen LogP) is 2.24. The normalized spacial score (nSPS) is 12.7. The Morgan fingerprint density at radius 3 is 2.89 bits per heavy atom. The molecule has 19 heavy (non-hydrogen) atoms. The van der Waals surface area contributed by atoms with Crippen molar-refractivity contribution in [1.82, 2.24) is 14.8 Å². The monoisotopic (exact) mass is 253 g/mol. The molecule has 3 rings (SSSR count). The van der Waals surface area contributed by atoms with Crippen LogP contribution in [0.2, 0.25) is 0 Å². The van der Waals surface area contributed by atoms with E-state index < -0.39 is 6.10 Å². The van der Waals surface area contributed by atoms with E-state index in [1.165, 1.54) is 0 Å². The topological polar surface area (TPSA) is 50.9 Å². The summed E-state index contributed by atoms with van der Waals surface area (Å²) in [4.78, 5) is 4.31. The molecule has 0 amide bonds. The number of aromatic nitrogens is 3. The van der Waals surface area contributed by atoms with Gasteiger partial charge in [-0.2, -0.15) is 5.10 Å². The molecule has 0 spiro atoms. The standard InChI is InChI=1S/C15H15N3O/c1-18-10-11(9-17-18)8-15(19)13-6-7-16-14-5-3-2-4-12(13)14/h2-7,9-10,15,19H,8H2,1H3. The molecule has 1 aromatic carbocycles. The lowest BCUT2D eigenvalue weighted by molar-refractivity contribution is 0.180. The van der Waals surface area contributed by atoms with Gasteiger partial charge in [0.1, 0.15) is 0 Å². The van der Waals surface area contributed by atoms with Gasteiger partial charge in [0.05, 0.1) is 17.8 Å². The van der Waals surface area contributed by atoms with Crippen molar-refractivity contribution < 1.29 is 5.11 Å². The molecule has 0 bridgehead atoms. The maximum absolute atomic E-state index is 10.4. The number of rotatable bonds is 3. The smallest absolute Gasteiger partial charge is 0.0838 e. The number of benzene rings is 1. The highest BCUT2D eigenvalue weighted by molar-refractivity contribution is 5.82. The van der Waals surface area contributed by atoms with Crippen LogP contribution in [0.1, 0.15) is 17.2 Å². The number of fused-ring (bicyclic) bond motifs is 1. The summed E-state index contributed by atoms with van der Waals surface area (Å²) < 4.78 is 1.74. The van der Waals surface area contributed by atoms with Gasteiger partial charge in [0.25, 0.3) is 0 Å². The van der Waals surface area contributed by atoms with Crippen LogP contribution in [0.25, 0.3) is 10.9 Å². The van der Waals surface area contributed by atoms with Gasteiger partial charge >= 0.3 is 0 Å². The van der Waals surface area contributed by atoms with Crippen LogP contribution in [0.3, 0.4) is 0 Å². The number of para-hydroxylation sites is 1. The first kappa shape index (κ1) is 11.9. The number of aliphatic hydroxyl groups excluding tert-OH is 1. The van der Waals surface area contributed by atoms with E-state index in [0.29, 0.717) is 6.42 Å². The Kier molecular flexibility index (Phi) is 3.01. The molecule has 0 aliphatic rings. The highest BCUT2D eigenvalue weighted by Gasteiger charge is 2.13. The van der Waals surface area contributed by atoms with Crippen molar-refractivity contribution in [2.24, 2.45) is 7.05 Å². The average Bonchev–Trinajstić information content (AvgIpc) is 2.83. The van der Waals surface area contributed by atoms with Crippen molar-refractivity contribution in [3.05, 3.63) is 60.0 Å². The van der Waals surface area contributed by atoms with Crippen molar-refractivity contribution in [3.63, 3.8) is 0 Å². The van der Waals surface area contributed by atoms with Crippen LogP contribution in [0.15, 0.2) is 48.9 Å². The largest absolute Gasteiger partial charge is 0.388 e. The zero-order chi connectivity index (χ0) is 13.2. The van der Waals surface area contributed by atoms with E-state index in [1.807, 2.05) is 43.6 Å². The molecule has 1 N–H and O–H groups in total. The fourth-order valence-corrected chi connectivity index (χ4v) is 2.32. The summed E-state index contributed by atoms with van der Waals surface area (Å²) in [6.07, 6.45) is 5.46. The first-order valence-corrected chi connectivity index (χ1v) is 6.23. The summed E-state index contributed by atoms with van der Waals surface area (Å²) in [7, 11) is 1.87. The Morgan fingerprint density at radius 2 is 2.11 bits per heavy atom. The van der Waals surface area contributed by atoms with Crippen LogP contribution in [0, 0.1) is 0 Å². The number of pyridine rings is 1. The second kappa shape index (κ2) is 4.82. The molecule has 3 aromatic rings. The Hall–Kier alpha value is -2.20. The third-order valence-corrected chi connectivity index (χ3v) is 3.23. The molecule has 1 unspecified atom stereocenters. The number of aliphatic hydroxyl groups is 1. The lowest BCUT2D eigenvalue weighted by atomic mass is 10.00. The highest BCUT2D eigenvalue weighted by Crippen LogP contribution is 2.25. The van der Waals surface area contributed by atoms with E-state index in [2.05, 4.69) is 10.1 Å². The quantitative estimate of drug-likeness (QED) is 0.779. The molecule has 1 atom stereocenters. The van der Waals surface area contributed by atoms with Gasteiger partial charge in [-0.15, -0.1) is 0 Å². The van der Waals surface area contributed by atoms with Crippen molar-refractivity contribution in [2.45, 2.75) is 12.5 Å². The predicted molar refractivity (Wildman–Crippen MR) is 73.6 cm³/mol. The van der Waals surface area contributed by atoms with Gasteiger partial charge in [-0.25, -0.2) is 0 Å². The van der Waals surface area contributed by atoms with Crippen LogP contribution in [-0.2, 0) is 13.5 Å². The summed E-state index contributed by atoms with van der Waals surface area (Å²) in [6.45, 7) is 0. The minimum absolute atomic E-state index is 0.544. The van der Waals surface area contributed by atoms with E-state index in [0.717, 1.165) is 22.0 Å². The average molecular weight is 253 g/mol. The van der Waals surface area contributed by atoms with Crippen molar-refractivity contribution in [3.8, 4) is 0 Å². The van der Waals surface area contributed by atoms with E-state index >= 15 is 0 Å². The van der Waals surface area contributed by atoms with Gasteiger partial charge < -0.3 is 5.11 Å². The van der Waals surface area contributed by atoms with Gasteiger partial charge in [0.15, 0.2) is 0 Å². The number of hydrogen-bond acceptors (Lipinski definition) is 3. The molecule has 0 aliphatic heterocycles. The second-order valence-corrected chi connectivity index (χ2v) is 4.66. The van der Waals surface area contributed by atoms with Gasteiger partial charge in [-0.3, -0.25) is 9.67 Å². The van der Waals surface area contributed by atoms with Crippen LogP contribution in [0.5, 0.6) is 0 Å². The molecule has 0 radical (unpaired) electrons. The van der Waals surface area contributed by atoms with Crippen molar-refractivity contribution in [2.75, 3.05) is 0 Å². The summed E-state index contributed by atoms with van der Waals surface area (Å²) in [5.41, 5.74) is 2.84. The first-order valence-electron chi connectivity index (χ1n) is 6.23. The Balaban J connectivity index is 1.95. The highest BCUT2D eigenvalue weighted by atomic mass is 16.3. The van der Waals surface area contributed by atoms with Crippen LogP contribution >= 0.6 is 0 Å². The third-order valence-electron chi connectivity index (χ3n) is 3.23. The molecule has 4 nitrogen and oxygen atoms in total. The van der Waals surface area contributed by atoms with Gasteiger partial charge in [-0.1, -0.05) is 18.2 Å². The summed E-state index contributed by atoms with van der Waals surface area (Å²) >= 11 is 0. The van der Waals surface area contributed by atoms with E-state index in [-0.39, 0.29) is 0 Å². The molecule has 0 saturated carbocycles.